The van der Waals surface area contributed by atoms with Gasteiger partial charge < -0.3 is 15.4 Å². The fourth-order valence-corrected chi connectivity index (χ4v) is 3.24. The van der Waals surface area contributed by atoms with Gasteiger partial charge in [-0.05, 0) is 48.7 Å². The first-order valence-corrected chi connectivity index (χ1v) is 9.55. The summed E-state index contributed by atoms with van der Waals surface area (Å²) in [7, 11) is 0. The molecule has 1 fully saturated rings. The molecule has 2 aromatic carbocycles. The molecule has 148 valence electrons. The first-order chi connectivity index (χ1) is 13.3. The van der Waals surface area contributed by atoms with Crippen LogP contribution < -0.4 is 15.4 Å². The minimum atomic E-state index is -2.95. The summed E-state index contributed by atoms with van der Waals surface area (Å²) in [6, 6.07) is 11.2. The van der Waals surface area contributed by atoms with E-state index >= 15 is 0 Å². The summed E-state index contributed by atoms with van der Waals surface area (Å²) in [5, 5.41) is 5.49. The molecule has 0 aromatic heterocycles. The number of carbonyl (C=O) groups is 2. The largest absolute Gasteiger partial charge is 0.434 e. The van der Waals surface area contributed by atoms with Crippen molar-refractivity contribution in [2.45, 2.75) is 26.5 Å². The maximum absolute atomic E-state index is 12.5. The van der Waals surface area contributed by atoms with Crippen LogP contribution in [0.3, 0.4) is 0 Å². The van der Waals surface area contributed by atoms with E-state index in [0.29, 0.717) is 27.2 Å². The van der Waals surface area contributed by atoms with E-state index in [9.17, 15) is 18.4 Å². The van der Waals surface area contributed by atoms with Gasteiger partial charge in [-0.3, -0.25) is 9.59 Å². The highest BCUT2D eigenvalue weighted by molar-refractivity contribution is 9.10. The van der Waals surface area contributed by atoms with Crippen LogP contribution in [0.2, 0.25) is 0 Å². The topological polar surface area (TPSA) is 67.4 Å². The molecule has 1 saturated carbocycles. The molecule has 0 heterocycles. The molecule has 0 aliphatic heterocycles. The van der Waals surface area contributed by atoms with Crippen LogP contribution in [0.15, 0.2) is 46.9 Å². The van der Waals surface area contributed by atoms with E-state index in [1.54, 1.807) is 36.4 Å². The summed E-state index contributed by atoms with van der Waals surface area (Å²) in [4.78, 5) is 24.5. The van der Waals surface area contributed by atoms with Gasteiger partial charge in [-0.2, -0.15) is 8.78 Å². The number of hydrogen-bond acceptors (Lipinski definition) is 3. The minimum absolute atomic E-state index is 0.00179. The van der Waals surface area contributed by atoms with Crippen LogP contribution in [0.5, 0.6) is 5.75 Å². The smallest absolute Gasteiger partial charge is 0.387 e. The van der Waals surface area contributed by atoms with Gasteiger partial charge in [0.1, 0.15) is 5.75 Å². The Bertz CT molecular complexity index is 892. The van der Waals surface area contributed by atoms with Gasteiger partial charge in [-0.1, -0.05) is 28.9 Å². The van der Waals surface area contributed by atoms with Crippen LogP contribution in [-0.2, 0) is 11.3 Å². The summed E-state index contributed by atoms with van der Waals surface area (Å²) < 4.78 is 30.2. The number of alkyl halides is 2. The normalized spacial score (nSPS) is 17.9. The van der Waals surface area contributed by atoms with Crippen molar-refractivity contribution in [3.63, 3.8) is 0 Å². The molecule has 8 heteroatoms. The van der Waals surface area contributed by atoms with E-state index < -0.39 is 6.61 Å². The molecular weight excluding hydrogens is 434 g/mol. The molecule has 2 atom stereocenters. The van der Waals surface area contributed by atoms with Crippen molar-refractivity contribution in [1.29, 1.82) is 0 Å². The van der Waals surface area contributed by atoms with Crippen molar-refractivity contribution in [1.82, 2.24) is 5.32 Å². The monoisotopic (exact) mass is 452 g/mol. The number of anilines is 1. The van der Waals surface area contributed by atoms with E-state index in [-0.39, 0.29) is 30.0 Å². The Morgan fingerprint density at radius 1 is 1.25 bits per heavy atom. The van der Waals surface area contributed by atoms with Crippen molar-refractivity contribution >= 4 is 33.4 Å². The molecule has 0 spiro atoms. The summed E-state index contributed by atoms with van der Waals surface area (Å²) >= 11 is 3.27. The molecule has 2 aromatic rings. The number of amides is 2. The summed E-state index contributed by atoms with van der Waals surface area (Å²) in [5.41, 5.74) is 1.31. The fraction of sp³-hybridized carbons (Fsp3) is 0.300. The minimum Gasteiger partial charge on any atom is -0.434 e. The molecular formula is C20H19BrF2N2O3. The molecule has 3 rings (SSSR count). The first-order valence-electron chi connectivity index (χ1n) is 8.76. The number of nitrogens with one attached hydrogen (secondary N) is 2. The molecule has 0 bridgehead atoms. The molecule has 2 amide bonds. The highest BCUT2D eigenvalue weighted by Gasteiger charge is 2.39. The van der Waals surface area contributed by atoms with Gasteiger partial charge in [0, 0.05) is 33.7 Å². The van der Waals surface area contributed by atoms with Crippen LogP contribution in [0.25, 0.3) is 0 Å². The number of carbonyl (C=O) groups excluding carboxylic acids is 2. The molecule has 5 nitrogen and oxygen atoms in total. The Morgan fingerprint density at radius 2 is 2.00 bits per heavy atom. The standard InChI is InChI=1S/C20H19BrF2N2O3/c1-11-7-16(11)19(27)25-15-4-2-3-12(9-15)18(26)24-10-13-8-14(21)5-6-17(13)28-20(22)23/h2-6,8-9,11,16,20H,7,10H2,1H3,(H,24,26)(H,25,27). The van der Waals surface area contributed by atoms with Gasteiger partial charge in [0.2, 0.25) is 5.91 Å². The van der Waals surface area contributed by atoms with Crippen LogP contribution in [0.4, 0.5) is 14.5 Å². The quantitative estimate of drug-likeness (QED) is 0.646. The van der Waals surface area contributed by atoms with Crippen molar-refractivity contribution in [2.24, 2.45) is 11.8 Å². The lowest BCUT2D eigenvalue weighted by Gasteiger charge is -2.12. The van der Waals surface area contributed by atoms with E-state index in [2.05, 4.69) is 31.3 Å². The van der Waals surface area contributed by atoms with Gasteiger partial charge in [-0.15, -0.1) is 0 Å². The maximum atomic E-state index is 12.5. The Morgan fingerprint density at radius 3 is 2.68 bits per heavy atom. The van der Waals surface area contributed by atoms with Gasteiger partial charge >= 0.3 is 6.61 Å². The molecule has 28 heavy (non-hydrogen) atoms. The second kappa shape index (κ2) is 8.68. The van der Waals surface area contributed by atoms with Crippen LogP contribution in [0.1, 0.15) is 29.3 Å². The van der Waals surface area contributed by atoms with Crippen molar-refractivity contribution in [3.05, 3.63) is 58.1 Å². The molecule has 0 saturated heterocycles. The van der Waals surface area contributed by atoms with E-state index in [1.807, 2.05) is 6.92 Å². The highest BCUT2D eigenvalue weighted by atomic mass is 79.9. The molecule has 1 aliphatic carbocycles. The Hall–Kier alpha value is -2.48. The zero-order chi connectivity index (χ0) is 20.3. The van der Waals surface area contributed by atoms with Crippen LogP contribution in [-0.4, -0.2) is 18.4 Å². The van der Waals surface area contributed by atoms with Gasteiger partial charge in [-0.25, -0.2) is 0 Å². The molecule has 1 aliphatic rings. The molecule has 2 N–H and O–H groups in total. The molecule has 0 radical (unpaired) electrons. The SMILES string of the molecule is CC1CC1C(=O)Nc1cccc(C(=O)NCc2cc(Br)ccc2OC(F)F)c1. The summed E-state index contributed by atoms with van der Waals surface area (Å²) in [6.45, 7) is -0.927. The Labute approximate surface area is 169 Å². The van der Waals surface area contributed by atoms with E-state index in [1.165, 1.54) is 6.07 Å². The highest BCUT2D eigenvalue weighted by Crippen LogP contribution is 2.38. The van der Waals surface area contributed by atoms with Crippen LogP contribution >= 0.6 is 15.9 Å². The lowest BCUT2D eigenvalue weighted by atomic mass is 10.1. The van der Waals surface area contributed by atoms with Gasteiger partial charge in [0.25, 0.3) is 5.91 Å². The third-order valence-corrected chi connectivity index (χ3v) is 5.01. The average molecular weight is 453 g/mol. The second-order valence-electron chi connectivity index (χ2n) is 6.70. The van der Waals surface area contributed by atoms with Crippen molar-refractivity contribution < 1.29 is 23.1 Å². The second-order valence-corrected chi connectivity index (χ2v) is 7.62. The summed E-state index contributed by atoms with van der Waals surface area (Å²) in [6.07, 6.45) is 0.877. The Balaban J connectivity index is 1.64. The average Bonchev–Trinajstić information content (AvgIpc) is 3.38. The first kappa shape index (κ1) is 20.3. The number of benzene rings is 2. The number of ether oxygens (including phenoxy) is 1. The lowest BCUT2D eigenvalue weighted by molar-refractivity contribution is -0.117. The zero-order valence-electron chi connectivity index (χ0n) is 15.0. The number of rotatable bonds is 7. The third-order valence-electron chi connectivity index (χ3n) is 4.52. The predicted octanol–water partition coefficient (Wildman–Crippen LogP) is 4.58. The predicted molar refractivity (Wildman–Crippen MR) is 104 cm³/mol. The van der Waals surface area contributed by atoms with Gasteiger partial charge in [0.05, 0.1) is 0 Å². The molecule has 2 unspecified atom stereocenters. The van der Waals surface area contributed by atoms with Crippen LogP contribution in [0, 0.1) is 11.8 Å². The van der Waals surface area contributed by atoms with Crippen molar-refractivity contribution in [2.75, 3.05) is 5.32 Å². The third kappa shape index (κ3) is 5.28. The van der Waals surface area contributed by atoms with E-state index in [4.69, 9.17) is 0 Å². The Kier molecular flexibility index (Phi) is 6.28. The fourth-order valence-electron chi connectivity index (χ4n) is 2.84. The zero-order valence-corrected chi connectivity index (χ0v) is 16.6. The maximum Gasteiger partial charge on any atom is 0.387 e. The summed E-state index contributed by atoms with van der Waals surface area (Å²) in [5.74, 6) is -0.0199. The number of hydrogen-bond donors (Lipinski definition) is 2. The van der Waals surface area contributed by atoms with Crippen molar-refractivity contribution in [3.8, 4) is 5.75 Å². The van der Waals surface area contributed by atoms with Gasteiger partial charge in [0.15, 0.2) is 0 Å². The van der Waals surface area contributed by atoms with E-state index in [0.717, 1.165) is 6.42 Å². The lowest BCUT2D eigenvalue weighted by Crippen LogP contribution is -2.23. The number of halogens is 3.